The van der Waals surface area contributed by atoms with Gasteiger partial charge in [-0.3, -0.25) is 0 Å². The number of nitrogens with zero attached hydrogens (tertiary/aromatic N) is 4. The van der Waals surface area contributed by atoms with Crippen LogP contribution in [0.3, 0.4) is 0 Å². The number of carboxylic acids is 1. The number of thiazole rings is 1. The molecule has 0 aliphatic rings. The number of furan rings is 1. The van der Waals surface area contributed by atoms with Crippen molar-refractivity contribution in [1.82, 2.24) is 20.0 Å². The van der Waals surface area contributed by atoms with Gasteiger partial charge in [0, 0.05) is 5.38 Å². The van der Waals surface area contributed by atoms with Gasteiger partial charge in [0.1, 0.15) is 0 Å². The summed E-state index contributed by atoms with van der Waals surface area (Å²) in [5.41, 5.74) is 1.25. The summed E-state index contributed by atoms with van der Waals surface area (Å²) < 4.78 is 6.80. The zero-order valence-corrected chi connectivity index (χ0v) is 11.3. The molecule has 20 heavy (non-hydrogen) atoms. The van der Waals surface area contributed by atoms with Crippen LogP contribution in [0.15, 0.2) is 28.2 Å². The van der Waals surface area contributed by atoms with E-state index in [1.165, 1.54) is 16.0 Å². The summed E-state index contributed by atoms with van der Waals surface area (Å²) in [4.78, 5) is 15.3. The van der Waals surface area contributed by atoms with Crippen LogP contribution in [0.2, 0.25) is 0 Å². The Labute approximate surface area is 117 Å². The first-order valence-electron chi connectivity index (χ1n) is 5.77. The van der Waals surface area contributed by atoms with E-state index in [2.05, 4.69) is 15.3 Å². The van der Waals surface area contributed by atoms with Crippen molar-refractivity contribution in [2.24, 2.45) is 0 Å². The molecular formula is C12H10N4O3S. The highest BCUT2D eigenvalue weighted by atomic mass is 32.1. The van der Waals surface area contributed by atoms with Gasteiger partial charge in [-0.25, -0.2) is 14.5 Å². The number of aromatic nitrogens is 4. The Hall–Kier alpha value is -2.48. The fourth-order valence-electron chi connectivity index (χ4n) is 1.75. The van der Waals surface area contributed by atoms with Gasteiger partial charge in [0.2, 0.25) is 0 Å². The normalized spacial score (nSPS) is 10.8. The van der Waals surface area contributed by atoms with Crippen LogP contribution in [0.4, 0.5) is 0 Å². The number of carboxylic acid groups (broad SMARTS) is 1. The molecule has 7 nitrogen and oxygen atoms in total. The molecule has 0 aliphatic carbocycles. The van der Waals surface area contributed by atoms with E-state index in [1.54, 1.807) is 19.3 Å². The summed E-state index contributed by atoms with van der Waals surface area (Å²) >= 11 is 1.46. The highest BCUT2D eigenvalue weighted by Crippen LogP contribution is 2.24. The fraction of sp³-hybridized carbons (Fsp3) is 0.167. The first-order chi connectivity index (χ1) is 9.65. The number of carbonyl (C=O) groups is 1. The van der Waals surface area contributed by atoms with Crippen molar-refractivity contribution >= 4 is 17.3 Å². The van der Waals surface area contributed by atoms with Crippen molar-refractivity contribution in [2.45, 2.75) is 13.5 Å². The minimum atomic E-state index is -1.08. The van der Waals surface area contributed by atoms with Gasteiger partial charge in [-0.2, -0.15) is 0 Å². The molecule has 1 N–H and O–H groups in total. The lowest BCUT2D eigenvalue weighted by molar-refractivity contribution is 0.0689. The predicted molar refractivity (Wildman–Crippen MR) is 70.6 cm³/mol. The number of hydrogen-bond acceptors (Lipinski definition) is 6. The molecule has 0 bridgehead atoms. The predicted octanol–water partition coefficient (Wildman–Crippen LogP) is 2.05. The van der Waals surface area contributed by atoms with Crippen LogP contribution in [0.1, 0.15) is 21.9 Å². The summed E-state index contributed by atoms with van der Waals surface area (Å²) in [6.07, 6.45) is 1.59. The van der Waals surface area contributed by atoms with Gasteiger partial charge in [-0.1, -0.05) is 5.21 Å². The molecule has 0 unspecified atom stereocenters. The Morgan fingerprint density at radius 1 is 1.55 bits per heavy atom. The smallest absolute Gasteiger partial charge is 0.358 e. The maximum Gasteiger partial charge on any atom is 0.358 e. The molecule has 0 atom stereocenters. The molecule has 0 saturated carbocycles. The van der Waals surface area contributed by atoms with Crippen LogP contribution in [0, 0.1) is 6.92 Å². The van der Waals surface area contributed by atoms with Crippen molar-refractivity contribution in [3.63, 3.8) is 0 Å². The average Bonchev–Trinajstić information content (AvgIpc) is 3.12. The summed E-state index contributed by atoms with van der Waals surface area (Å²) in [7, 11) is 0. The molecule has 0 aromatic carbocycles. The van der Waals surface area contributed by atoms with Gasteiger partial charge in [0.05, 0.1) is 24.2 Å². The average molecular weight is 290 g/mol. The van der Waals surface area contributed by atoms with Crippen LogP contribution < -0.4 is 0 Å². The topological polar surface area (TPSA) is 94.0 Å². The molecule has 0 spiro atoms. The number of aromatic carboxylic acids is 1. The molecule has 0 amide bonds. The zero-order valence-electron chi connectivity index (χ0n) is 10.5. The quantitative estimate of drug-likeness (QED) is 0.790. The van der Waals surface area contributed by atoms with Crippen LogP contribution in [-0.2, 0) is 6.54 Å². The lowest BCUT2D eigenvalue weighted by Gasteiger charge is -1.99. The second-order valence-corrected chi connectivity index (χ2v) is 4.97. The molecule has 8 heteroatoms. The third-order valence-corrected chi connectivity index (χ3v) is 3.69. The lowest BCUT2D eigenvalue weighted by Crippen LogP contribution is -2.06. The second kappa shape index (κ2) is 4.89. The molecule has 0 saturated heterocycles. The maximum atomic E-state index is 10.9. The summed E-state index contributed by atoms with van der Waals surface area (Å²) in [5, 5.41) is 19.1. The van der Waals surface area contributed by atoms with Crippen LogP contribution in [0.25, 0.3) is 10.8 Å². The summed E-state index contributed by atoms with van der Waals surface area (Å²) in [6, 6.07) is 3.64. The lowest BCUT2D eigenvalue weighted by atomic mass is 10.3. The molecule has 3 heterocycles. The largest absolute Gasteiger partial charge is 0.476 e. The standard InChI is InChI=1S/C12H10N4O3S/c1-7-10(12(17)18)14-15-16(7)5-8-6-20-11(13-8)9-3-2-4-19-9/h2-4,6H,5H2,1H3,(H,17,18). The molecule has 3 aromatic rings. The van der Waals surface area contributed by atoms with E-state index in [4.69, 9.17) is 9.52 Å². The van der Waals surface area contributed by atoms with E-state index in [-0.39, 0.29) is 5.69 Å². The SMILES string of the molecule is Cc1c(C(=O)O)nnn1Cc1csc(-c2ccco2)n1. The van der Waals surface area contributed by atoms with Crippen LogP contribution in [-0.4, -0.2) is 31.1 Å². The van der Waals surface area contributed by atoms with Gasteiger partial charge < -0.3 is 9.52 Å². The van der Waals surface area contributed by atoms with E-state index in [0.29, 0.717) is 18.0 Å². The number of hydrogen-bond donors (Lipinski definition) is 1. The Bertz CT molecular complexity index is 745. The van der Waals surface area contributed by atoms with Gasteiger partial charge in [-0.05, 0) is 19.1 Å². The first kappa shape index (κ1) is 12.5. The third kappa shape index (κ3) is 2.21. The minimum Gasteiger partial charge on any atom is -0.476 e. The molecule has 3 rings (SSSR count). The van der Waals surface area contributed by atoms with Gasteiger partial charge in [-0.15, -0.1) is 16.4 Å². The van der Waals surface area contributed by atoms with Crippen molar-refractivity contribution in [1.29, 1.82) is 0 Å². The molecule has 0 fully saturated rings. The minimum absolute atomic E-state index is 0.0357. The van der Waals surface area contributed by atoms with Gasteiger partial charge >= 0.3 is 5.97 Å². The first-order valence-corrected chi connectivity index (χ1v) is 6.65. The highest BCUT2D eigenvalue weighted by molar-refractivity contribution is 7.13. The zero-order chi connectivity index (χ0) is 14.1. The molecule has 0 radical (unpaired) electrons. The Morgan fingerprint density at radius 2 is 2.40 bits per heavy atom. The van der Waals surface area contributed by atoms with Gasteiger partial charge in [0.25, 0.3) is 0 Å². The van der Waals surface area contributed by atoms with E-state index in [9.17, 15) is 4.79 Å². The maximum absolute atomic E-state index is 10.9. The highest BCUT2D eigenvalue weighted by Gasteiger charge is 2.16. The van der Waals surface area contributed by atoms with Crippen LogP contribution >= 0.6 is 11.3 Å². The Kier molecular flexibility index (Phi) is 3.07. The summed E-state index contributed by atoms with van der Waals surface area (Å²) in [6.45, 7) is 2.05. The fourth-order valence-corrected chi connectivity index (χ4v) is 2.53. The molecule has 0 aliphatic heterocycles. The van der Waals surface area contributed by atoms with Crippen molar-refractivity contribution < 1.29 is 14.3 Å². The van der Waals surface area contributed by atoms with Gasteiger partial charge in [0.15, 0.2) is 16.5 Å². The third-order valence-electron chi connectivity index (χ3n) is 2.78. The van der Waals surface area contributed by atoms with E-state index in [0.717, 1.165) is 10.7 Å². The van der Waals surface area contributed by atoms with Crippen LogP contribution in [0.5, 0.6) is 0 Å². The molecule has 3 aromatic heterocycles. The van der Waals surface area contributed by atoms with Crippen molar-refractivity contribution in [2.75, 3.05) is 0 Å². The Morgan fingerprint density at radius 3 is 3.05 bits per heavy atom. The molecule has 102 valence electrons. The van der Waals surface area contributed by atoms with E-state index in [1.807, 2.05) is 11.4 Å². The second-order valence-electron chi connectivity index (χ2n) is 4.11. The van der Waals surface area contributed by atoms with Crippen molar-refractivity contribution in [3.05, 3.63) is 40.9 Å². The monoisotopic (exact) mass is 290 g/mol. The van der Waals surface area contributed by atoms with E-state index < -0.39 is 5.97 Å². The number of rotatable bonds is 4. The van der Waals surface area contributed by atoms with E-state index >= 15 is 0 Å². The Balaban J connectivity index is 1.84. The van der Waals surface area contributed by atoms with Crippen molar-refractivity contribution in [3.8, 4) is 10.8 Å². The summed E-state index contributed by atoms with van der Waals surface area (Å²) in [5.74, 6) is -0.369. The molecular weight excluding hydrogens is 280 g/mol.